The molecule has 0 bridgehead atoms. The van der Waals surface area contributed by atoms with Crippen molar-refractivity contribution < 1.29 is 33.2 Å². The van der Waals surface area contributed by atoms with Crippen LogP contribution in [0.4, 0.5) is 4.79 Å². The zero-order valence-corrected chi connectivity index (χ0v) is 12.6. The number of hydrogen-bond donors (Lipinski definition) is 0. The largest absolute Gasteiger partial charge is 0.508 e. The summed E-state index contributed by atoms with van der Waals surface area (Å²) >= 11 is 0. The van der Waals surface area contributed by atoms with Gasteiger partial charge in [0.05, 0.1) is 13.2 Å². The van der Waals surface area contributed by atoms with Gasteiger partial charge in [-0.15, -0.1) is 0 Å². The molecular formula is C14H22O7. The molecule has 120 valence electrons. The summed E-state index contributed by atoms with van der Waals surface area (Å²) in [5.41, 5.74) is 0. The van der Waals surface area contributed by atoms with Crippen molar-refractivity contribution in [2.24, 2.45) is 0 Å². The van der Waals surface area contributed by atoms with E-state index in [0.717, 1.165) is 0 Å². The first-order valence-electron chi connectivity index (χ1n) is 6.94. The van der Waals surface area contributed by atoms with Gasteiger partial charge in [0.15, 0.2) is 12.1 Å². The first kappa shape index (κ1) is 16.2. The van der Waals surface area contributed by atoms with Crippen LogP contribution in [0, 0.1) is 0 Å². The number of rotatable bonds is 6. The van der Waals surface area contributed by atoms with Crippen molar-refractivity contribution in [3.63, 3.8) is 0 Å². The van der Waals surface area contributed by atoms with E-state index in [0.29, 0.717) is 6.61 Å². The van der Waals surface area contributed by atoms with Gasteiger partial charge in [-0.2, -0.15) is 0 Å². The van der Waals surface area contributed by atoms with E-state index in [9.17, 15) is 4.79 Å². The molecule has 7 nitrogen and oxygen atoms in total. The van der Waals surface area contributed by atoms with Crippen molar-refractivity contribution in [3.05, 3.63) is 12.7 Å². The summed E-state index contributed by atoms with van der Waals surface area (Å²) in [6, 6.07) is 0. The molecule has 0 saturated carbocycles. The number of fused-ring (bicyclic) bond motifs is 1. The lowest BCUT2D eigenvalue weighted by Crippen LogP contribution is -2.34. The van der Waals surface area contributed by atoms with E-state index in [2.05, 4.69) is 6.58 Å². The maximum absolute atomic E-state index is 11.3. The normalized spacial score (nSPS) is 31.5. The van der Waals surface area contributed by atoms with E-state index in [4.69, 9.17) is 28.4 Å². The Balaban J connectivity index is 1.71. The van der Waals surface area contributed by atoms with Gasteiger partial charge >= 0.3 is 6.16 Å². The minimum atomic E-state index is -0.742. The highest BCUT2D eigenvalue weighted by atomic mass is 16.8. The first-order valence-corrected chi connectivity index (χ1v) is 6.94. The van der Waals surface area contributed by atoms with Crippen LogP contribution >= 0.6 is 0 Å². The SMILES string of the molecule is C=CCOC(=O)OC(C)COC1CO[C@@H]2OC(C)(C)O[C@H]12. The van der Waals surface area contributed by atoms with E-state index in [1.165, 1.54) is 6.08 Å². The summed E-state index contributed by atoms with van der Waals surface area (Å²) in [4.78, 5) is 11.3. The van der Waals surface area contributed by atoms with Crippen LogP contribution in [0.3, 0.4) is 0 Å². The fourth-order valence-electron chi connectivity index (χ4n) is 2.18. The molecule has 21 heavy (non-hydrogen) atoms. The van der Waals surface area contributed by atoms with Gasteiger partial charge in [0, 0.05) is 0 Å². The molecule has 0 aliphatic carbocycles. The van der Waals surface area contributed by atoms with E-state index in [1.807, 2.05) is 13.8 Å². The molecular weight excluding hydrogens is 280 g/mol. The third-order valence-corrected chi connectivity index (χ3v) is 3.04. The van der Waals surface area contributed by atoms with Crippen LogP contribution < -0.4 is 0 Å². The Bertz CT molecular complexity index is 382. The topological polar surface area (TPSA) is 72.5 Å². The molecule has 2 saturated heterocycles. The Hall–Kier alpha value is -1.15. The molecule has 0 aromatic carbocycles. The smallest absolute Gasteiger partial charge is 0.430 e. The molecule has 2 heterocycles. The lowest BCUT2D eigenvalue weighted by molar-refractivity contribution is -0.203. The maximum Gasteiger partial charge on any atom is 0.508 e. The Labute approximate surface area is 124 Å². The van der Waals surface area contributed by atoms with Gasteiger partial charge in [-0.05, 0) is 20.8 Å². The molecule has 0 radical (unpaired) electrons. The van der Waals surface area contributed by atoms with Crippen molar-refractivity contribution in [2.45, 2.75) is 51.2 Å². The van der Waals surface area contributed by atoms with E-state index >= 15 is 0 Å². The number of carbonyl (C=O) groups is 1. The second-order valence-electron chi connectivity index (χ2n) is 5.45. The molecule has 7 heteroatoms. The van der Waals surface area contributed by atoms with Crippen LogP contribution in [0.25, 0.3) is 0 Å². The zero-order valence-electron chi connectivity index (χ0n) is 12.6. The van der Waals surface area contributed by atoms with Crippen molar-refractivity contribution >= 4 is 6.16 Å². The average Bonchev–Trinajstić information content (AvgIpc) is 2.89. The minimum absolute atomic E-state index is 0.118. The average molecular weight is 302 g/mol. The van der Waals surface area contributed by atoms with Crippen molar-refractivity contribution in [3.8, 4) is 0 Å². The molecule has 2 aliphatic rings. The quantitative estimate of drug-likeness (QED) is 0.545. The predicted octanol–water partition coefficient (Wildman–Crippen LogP) is 1.61. The Kier molecular flexibility index (Phi) is 5.21. The van der Waals surface area contributed by atoms with Crippen molar-refractivity contribution in [1.82, 2.24) is 0 Å². The molecule has 0 aromatic rings. The Morgan fingerprint density at radius 3 is 2.95 bits per heavy atom. The number of hydrogen-bond acceptors (Lipinski definition) is 7. The van der Waals surface area contributed by atoms with Crippen LogP contribution in [0.1, 0.15) is 20.8 Å². The van der Waals surface area contributed by atoms with E-state index in [-0.39, 0.29) is 25.4 Å². The van der Waals surface area contributed by atoms with Crippen LogP contribution in [-0.2, 0) is 28.4 Å². The molecule has 0 spiro atoms. The fraction of sp³-hybridized carbons (Fsp3) is 0.786. The molecule has 2 fully saturated rings. The van der Waals surface area contributed by atoms with Gasteiger partial charge in [0.2, 0.25) is 0 Å². The third kappa shape index (κ3) is 4.41. The molecule has 2 rings (SSSR count). The molecule has 2 aliphatic heterocycles. The summed E-state index contributed by atoms with van der Waals surface area (Å²) in [7, 11) is 0. The number of carbonyl (C=O) groups excluding carboxylic acids is 1. The van der Waals surface area contributed by atoms with Gasteiger partial charge in [0.1, 0.15) is 24.9 Å². The lowest BCUT2D eigenvalue weighted by Gasteiger charge is -2.22. The Morgan fingerprint density at radius 2 is 2.24 bits per heavy atom. The van der Waals surface area contributed by atoms with Crippen LogP contribution in [0.2, 0.25) is 0 Å². The zero-order chi connectivity index (χ0) is 15.5. The summed E-state index contributed by atoms with van der Waals surface area (Å²) in [5, 5.41) is 0. The van der Waals surface area contributed by atoms with Crippen LogP contribution in [-0.4, -0.2) is 56.4 Å². The van der Waals surface area contributed by atoms with Gasteiger partial charge in [-0.25, -0.2) is 4.79 Å². The van der Waals surface area contributed by atoms with Gasteiger partial charge in [0.25, 0.3) is 0 Å². The highest BCUT2D eigenvalue weighted by molar-refractivity contribution is 5.60. The number of ether oxygens (including phenoxy) is 6. The first-order chi connectivity index (χ1) is 9.91. The van der Waals surface area contributed by atoms with Gasteiger partial charge in [-0.3, -0.25) is 0 Å². The Morgan fingerprint density at radius 1 is 1.48 bits per heavy atom. The highest BCUT2D eigenvalue weighted by Crippen LogP contribution is 2.35. The standard InChI is InChI=1S/C14H22O7/c1-5-6-16-13(15)19-9(2)7-17-10-8-18-12-11(10)20-14(3,4)21-12/h5,9-12H,1,6-8H2,2-4H3/t9?,10?,11-,12-/m1/s1. The summed E-state index contributed by atoms with van der Waals surface area (Å²) in [5.74, 6) is -0.673. The van der Waals surface area contributed by atoms with Gasteiger partial charge < -0.3 is 28.4 Å². The monoisotopic (exact) mass is 302 g/mol. The third-order valence-electron chi connectivity index (χ3n) is 3.04. The second-order valence-corrected chi connectivity index (χ2v) is 5.45. The summed E-state index contributed by atoms with van der Waals surface area (Å²) in [6.07, 6.45) is -0.618. The van der Waals surface area contributed by atoms with Crippen molar-refractivity contribution in [2.75, 3.05) is 19.8 Å². The van der Waals surface area contributed by atoms with Crippen LogP contribution in [0.15, 0.2) is 12.7 Å². The second kappa shape index (κ2) is 6.74. The molecule has 2 unspecified atom stereocenters. The molecule has 0 aromatic heterocycles. The minimum Gasteiger partial charge on any atom is -0.430 e. The summed E-state index contributed by atoms with van der Waals surface area (Å²) < 4.78 is 32.2. The lowest BCUT2D eigenvalue weighted by atomic mass is 10.2. The summed E-state index contributed by atoms with van der Waals surface area (Å²) in [6.45, 7) is 9.55. The highest BCUT2D eigenvalue weighted by Gasteiger charge is 2.51. The predicted molar refractivity (Wildman–Crippen MR) is 71.6 cm³/mol. The molecule has 0 amide bonds. The van der Waals surface area contributed by atoms with Crippen LogP contribution in [0.5, 0.6) is 0 Å². The van der Waals surface area contributed by atoms with E-state index in [1.54, 1.807) is 6.92 Å². The molecule has 4 atom stereocenters. The molecule has 0 N–H and O–H groups in total. The maximum atomic E-state index is 11.3. The van der Waals surface area contributed by atoms with Crippen molar-refractivity contribution in [1.29, 1.82) is 0 Å². The fourth-order valence-corrected chi connectivity index (χ4v) is 2.18. The van der Waals surface area contributed by atoms with Gasteiger partial charge in [-0.1, -0.05) is 12.7 Å². The van der Waals surface area contributed by atoms with E-state index < -0.39 is 24.3 Å².